The lowest BCUT2D eigenvalue weighted by Crippen LogP contribution is -1.86. The van der Waals surface area contributed by atoms with E-state index in [1.54, 1.807) is 6.92 Å². The van der Waals surface area contributed by atoms with Crippen LogP contribution in [0, 0.1) is 6.92 Å². The summed E-state index contributed by atoms with van der Waals surface area (Å²) >= 11 is 0. The van der Waals surface area contributed by atoms with Crippen LogP contribution in [0.3, 0.4) is 0 Å². The molecule has 0 spiro atoms. The Morgan fingerprint density at radius 1 is 1.29 bits per heavy atom. The summed E-state index contributed by atoms with van der Waals surface area (Å²) in [5, 5.41) is 16.4. The highest BCUT2D eigenvalue weighted by molar-refractivity contribution is 5.66. The van der Waals surface area contributed by atoms with Crippen molar-refractivity contribution in [1.29, 1.82) is 0 Å². The molecule has 0 saturated heterocycles. The maximum absolute atomic E-state index is 9.37. The van der Waals surface area contributed by atoms with Crippen molar-refractivity contribution >= 4 is 5.97 Å². The Morgan fingerprint density at radius 3 is 2.00 bits per heavy atom. The molecule has 0 radical (unpaired) electrons. The van der Waals surface area contributed by atoms with Gasteiger partial charge in [-0.1, -0.05) is 36.8 Å². The molecule has 0 unspecified atom stereocenters. The topological polar surface area (TPSA) is 57.5 Å². The molecule has 1 aromatic carbocycles. The summed E-state index contributed by atoms with van der Waals surface area (Å²) in [6.07, 6.45) is 0.222. The van der Waals surface area contributed by atoms with E-state index >= 15 is 0 Å². The van der Waals surface area contributed by atoms with Gasteiger partial charge in [-0.25, -0.2) is 0 Å². The van der Waals surface area contributed by atoms with Gasteiger partial charge in [0, 0.05) is 6.42 Å². The lowest BCUT2D eigenvalue weighted by atomic mass is 10.2. The summed E-state index contributed by atoms with van der Waals surface area (Å²) in [4.78, 5) is 9.37. The summed E-state index contributed by atoms with van der Waals surface area (Å²) < 4.78 is 0. The first kappa shape index (κ1) is 12.7. The molecular weight excluding hydrogens is 180 g/mol. The second-order valence-corrected chi connectivity index (χ2v) is 2.89. The molecule has 3 heteroatoms. The zero-order valence-electron chi connectivity index (χ0n) is 8.53. The average molecular weight is 196 g/mol. The molecular formula is C11H16O3. The molecule has 2 N–H and O–H groups in total. The molecule has 0 aliphatic heterocycles. The highest BCUT2D eigenvalue weighted by Gasteiger charge is 1.85. The Hall–Kier alpha value is -1.35. The van der Waals surface area contributed by atoms with E-state index in [0.717, 1.165) is 5.56 Å². The van der Waals surface area contributed by atoms with Crippen LogP contribution in [-0.2, 0) is 11.4 Å². The Morgan fingerprint density at radius 2 is 1.71 bits per heavy atom. The van der Waals surface area contributed by atoms with E-state index in [1.807, 2.05) is 31.2 Å². The summed E-state index contributed by atoms with van der Waals surface area (Å²) in [6, 6.07) is 7.84. The van der Waals surface area contributed by atoms with E-state index in [2.05, 4.69) is 0 Å². The number of rotatable bonds is 2. The number of carboxylic acids is 1. The normalized spacial score (nSPS) is 8.79. The highest BCUT2D eigenvalue weighted by atomic mass is 16.4. The Bertz CT molecular complexity index is 264. The lowest BCUT2D eigenvalue weighted by Gasteiger charge is -1.93. The first-order chi connectivity index (χ1) is 6.60. The van der Waals surface area contributed by atoms with Crippen LogP contribution >= 0.6 is 0 Å². The summed E-state index contributed by atoms with van der Waals surface area (Å²) in [5.74, 6) is -0.745. The van der Waals surface area contributed by atoms with Crippen molar-refractivity contribution in [1.82, 2.24) is 0 Å². The van der Waals surface area contributed by atoms with Crippen molar-refractivity contribution in [3.8, 4) is 0 Å². The zero-order valence-corrected chi connectivity index (χ0v) is 8.53. The van der Waals surface area contributed by atoms with E-state index in [0.29, 0.717) is 0 Å². The minimum atomic E-state index is -0.745. The SMILES string of the molecule is CCC(=O)O.Cc1ccc(CO)cc1. The number of hydrogen-bond acceptors (Lipinski definition) is 2. The second kappa shape index (κ2) is 7.09. The van der Waals surface area contributed by atoms with E-state index in [-0.39, 0.29) is 13.0 Å². The fraction of sp³-hybridized carbons (Fsp3) is 0.364. The third-order valence-corrected chi connectivity index (χ3v) is 1.61. The number of benzene rings is 1. The van der Waals surface area contributed by atoms with Crippen molar-refractivity contribution in [3.63, 3.8) is 0 Å². The fourth-order valence-electron chi connectivity index (χ4n) is 0.693. The lowest BCUT2D eigenvalue weighted by molar-refractivity contribution is -0.136. The molecule has 0 aliphatic carbocycles. The largest absolute Gasteiger partial charge is 0.481 e. The van der Waals surface area contributed by atoms with Crippen LogP contribution in [0.1, 0.15) is 24.5 Å². The molecule has 0 fully saturated rings. The summed E-state index contributed by atoms with van der Waals surface area (Å²) in [7, 11) is 0. The van der Waals surface area contributed by atoms with Gasteiger partial charge < -0.3 is 10.2 Å². The third-order valence-electron chi connectivity index (χ3n) is 1.61. The minimum Gasteiger partial charge on any atom is -0.481 e. The molecule has 14 heavy (non-hydrogen) atoms. The van der Waals surface area contributed by atoms with Crippen LogP contribution in [0.2, 0.25) is 0 Å². The monoisotopic (exact) mass is 196 g/mol. The molecule has 0 saturated carbocycles. The maximum atomic E-state index is 9.37. The standard InChI is InChI=1S/C8H10O.C3H6O2/c1-7-2-4-8(6-9)5-3-7;1-2-3(4)5/h2-5,9H,6H2,1H3;2H2,1H3,(H,4,5). The van der Waals surface area contributed by atoms with Crippen molar-refractivity contribution in [3.05, 3.63) is 35.4 Å². The highest BCUT2D eigenvalue weighted by Crippen LogP contribution is 2.01. The number of carboxylic acid groups (broad SMARTS) is 1. The molecule has 0 heterocycles. The van der Waals surface area contributed by atoms with Gasteiger partial charge in [0.2, 0.25) is 0 Å². The predicted molar refractivity (Wildman–Crippen MR) is 55.0 cm³/mol. The van der Waals surface area contributed by atoms with Crippen molar-refractivity contribution in [2.24, 2.45) is 0 Å². The van der Waals surface area contributed by atoms with E-state index < -0.39 is 5.97 Å². The molecule has 1 rings (SSSR count). The number of carbonyl (C=O) groups is 1. The first-order valence-corrected chi connectivity index (χ1v) is 4.48. The molecule has 3 nitrogen and oxygen atoms in total. The van der Waals surface area contributed by atoms with Gasteiger partial charge in [0.1, 0.15) is 0 Å². The minimum absolute atomic E-state index is 0.139. The summed E-state index contributed by atoms with van der Waals surface area (Å²) in [6.45, 7) is 3.77. The van der Waals surface area contributed by atoms with Gasteiger partial charge in [0.15, 0.2) is 0 Å². The Balaban J connectivity index is 0.000000292. The van der Waals surface area contributed by atoms with Crippen molar-refractivity contribution in [2.45, 2.75) is 26.9 Å². The van der Waals surface area contributed by atoms with E-state index in [9.17, 15) is 4.79 Å². The van der Waals surface area contributed by atoms with E-state index in [4.69, 9.17) is 10.2 Å². The average Bonchev–Trinajstić information content (AvgIpc) is 2.20. The van der Waals surface area contributed by atoms with Gasteiger partial charge in [-0.15, -0.1) is 0 Å². The van der Waals surface area contributed by atoms with Gasteiger partial charge in [0.05, 0.1) is 6.61 Å². The van der Waals surface area contributed by atoms with Crippen LogP contribution in [-0.4, -0.2) is 16.2 Å². The fourth-order valence-corrected chi connectivity index (χ4v) is 0.693. The maximum Gasteiger partial charge on any atom is 0.303 e. The van der Waals surface area contributed by atoms with Gasteiger partial charge in [-0.3, -0.25) is 4.79 Å². The molecule has 78 valence electrons. The van der Waals surface area contributed by atoms with Crippen molar-refractivity contribution in [2.75, 3.05) is 0 Å². The molecule has 0 aromatic heterocycles. The molecule has 0 amide bonds. The third kappa shape index (κ3) is 6.20. The van der Waals surface area contributed by atoms with Gasteiger partial charge in [-0.2, -0.15) is 0 Å². The molecule has 1 aromatic rings. The van der Waals surface area contributed by atoms with Crippen LogP contribution in [0.25, 0.3) is 0 Å². The van der Waals surface area contributed by atoms with Gasteiger partial charge in [-0.05, 0) is 12.5 Å². The quantitative estimate of drug-likeness (QED) is 0.760. The number of aryl methyl sites for hydroxylation is 1. The Labute approximate surface area is 84.0 Å². The molecule has 0 aliphatic rings. The number of aliphatic hydroxyl groups is 1. The van der Waals surface area contributed by atoms with Crippen LogP contribution in [0.5, 0.6) is 0 Å². The molecule has 0 bridgehead atoms. The number of aliphatic hydroxyl groups excluding tert-OH is 1. The van der Waals surface area contributed by atoms with Gasteiger partial charge >= 0.3 is 5.97 Å². The van der Waals surface area contributed by atoms with Crippen LogP contribution in [0.4, 0.5) is 0 Å². The van der Waals surface area contributed by atoms with Crippen LogP contribution < -0.4 is 0 Å². The van der Waals surface area contributed by atoms with Crippen molar-refractivity contribution < 1.29 is 15.0 Å². The predicted octanol–water partition coefficient (Wildman–Crippen LogP) is 1.97. The number of aliphatic carboxylic acids is 1. The van der Waals surface area contributed by atoms with Crippen LogP contribution in [0.15, 0.2) is 24.3 Å². The first-order valence-electron chi connectivity index (χ1n) is 4.48. The smallest absolute Gasteiger partial charge is 0.303 e. The number of hydrogen-bond donors (Lipinski definition) is 2. The summed E-state index contributed by atoms with van der Waals surface area (Å²) in [5.41, 5.74) is 2.20. The second-order valence-electron chi connectivity index (χ2n) is 2.89. The molecule has 0 atom stereocenters. The zero-order chi connectivity index (χ0) is 11.0. The van der Waals surface area contributed by atoms with Gasteiger partial charge in [0.25, 0.3) is 0 Å². The van der Waals surface area contributed by atoms with E-state index in [1.165, 1.54) is 5.56 Å². The Kier molecular flexibility index (Phi) is 6.41.